The predicted molar refractivity (Wildman–Crippen MR) is 144 cm³/mol. The maximum Gasteiger partial charge on any atom is 0.308 e. The molecule has 2 N–H and O–H groups in total. The fraction of sp³-hybridized carbons (Fsp3) is 0.333. The molecule has 1 unspecified atom stereocenters. The number of benzene rings is 3. The number of carbonyl (C=O) groups is 2. The molecule has 0 amide bonds. The quantitative estimate of drug-likeness (QED) is 0.275. The molecule has 0 fully saturated rings. The number of hydrogen-bond acceptors (Lipinski definition) is 6. The first-order valence-electron chi connectivity index (χ1n) is 12.7. The second-order valence-electron chi connectivity index (χ2n) is 9.62. The topological polar surface area (TPSA) is 115 Å². The Labute approximate surface area is 221 Å². The third kappa shape index (κ3) is 5.45. The van der Waals surface area contributed by atoms with Gasteiger partial charge in [-0.15, -0.1) is 5.10 Å². The molecule has 0 aliphatic carbocycles. The summed E-state index contributed by atoms with van der Waals surface area (Å²) in [4.78, 5) is 24.4. The van der Waals surface area contributed by atoms with Gasteiger partial charge in [-0.05, 0) is 59.7 Å². The van der Waals surface area contributed by atoms with E-state index in [1.165, 1.54) is 0 Å². The highest BCUT2D eigenvalue weighted by Gasteiger charge is 2.37. The minimum Gasteiger partial charge on any atom is -0.481 e. The van der Waals surface area contributed by atoms with E-state index in [4.69, 9.17) is 4.74 Å². The molecule has 1 aromatic heterocycles. The highest BCUT2D eigenvalue weighted by Crippen LogP contribution is 2.42. The van der Waals surface area contributed by atoms with Crippen LogP contribution in [-0.2, 0) is 39.5 Å². The molecule has 1 atom stereocenters. The van der Waals surface area contributed by atoms with Crippen LogP contribution in [0.15, 0.2) is 60.7 Å². The molecule has 0 aliphatic heterocycles. The normalized spacial score (nSPS) is 12.8. The number of aliphatic hydroxyl groups is 1. The Balaban J connectivity index is 1.63. The number of aliphatic carboxylic acids is 1. The minimum absolute atomic E-state index is 0.106. The summed E-state index contributed by atoms with van der Waals surface area (Å²) in [5.74, 6) is -1.23. The zero-order chi connectivity index (χ0) is 27.3. The number of aryl methyl sites for hydroxylation is 3. The smallest absolute Gasteiger partial charge is 0.308 e. The Morgan fingerprint density at radius 2 is 1.82 bits per heavy atom. The number of hydrogen-bond donors (Lipinski definition) is 2. The van der Waals surface area contributed by atoms with Crippen molar-refractivity contribution < 1.29 is 24.5 Å². The van der Waals surface area contributed by atoms with Crippen molar-refractivity contribution in [2.45, 2.75) is 65.2 Å². The molecule has 0 saturated carbocycles. The van der Waals surface area contributed by atoms with Crippen LogP contribution in [0.5, 0.6) is 0 Å². The number of aromatic nitrogens is 3. The summed E-state index contributed by atoms with van der Waals surface area (Å²) < 4.78 is 7.06. The molecular weight excluding hydrogens is 482 g/mol. The lowest BCUT2D eigenvalue weighted by molar-refractivity contribution is -0.145. The summed E-state index contributed by atoms with van der Waals surface area (Å²) in [5, 5.41) is 28.4. The Hall–Kier alpha value is -4.04. The van der Waals surface area contributed by atoms with Crippen LogP contribution in [-0.4, -0.2) is 37.1 Å². The summed E-state index contributed by atoms with van der Waals surface area (Å²) >= 11 is 0. The van der Waals surface area contributed by atoms with Gasteiger partial charge in [0, 0.05) is 5.41 Å². The van der Waals surface area contributed by atoms with Crippen molar-refractivity contribution in [1.82, 2.24) is 15.0 Å². The van der Waals surface area contributed by atoms with Gasteiger partial charge < -0.3 is 14.9 Å². The maximum atomic E-state index is 12.3. The van der Waals surface area contributed by atoms with Crippen LogP contribution in [0.3, 0.4) is 0 Å². The summed E-state index contributed by atoms with van der Waals surface area (Å²) in [6.45, 7) is 6.25. The van der Waals surface area contributed by atoms with Gasteiger partial charge in [0.05, 0.1) is 31.5 Å². The first kappa shape index (κ1) is 27.0. The van der Waals surface area contributed by atoms with Crippen molar-refractivity contribution in [3.05, 3.63) is 94.0 Å². The standard InChI is InChI=1S/C30H33N3O5/c1-4-30(17-27(35)36,24-11-10-20(2)23(16-24)18-34)25-12-13-26-29(21(25)3)31-32-33(26)15-14-28(37)38-19-22-8-6-5-7-9-22/h5-13,16,34H,4,14-15,17-19H2,1-3H3,(H,35,36). The van der Waals surface area contributed by atoms with Crippen molar-refractivity contribution in [1.29, 1.82) is 0 Å². The Morgan fingerprint density at radius 3 is 2.50 bits per heavy atom. The van der Waals surface area contributed by atoms with E-state index in [0.29, 0.717) is 18.5 Å². The molecule has 0 saturated heterocycles. The largest absolute Gasteiger partial charge is 0.481 e. The lowest BCUT2D eigenvalue weighted by atomic mass is 9.68. The third-order valence-electron chi connectivity index (χ3n) is 7.36. The highest BCUT2D eigenvalue weighted by atomic mass is 16.5. The van der Waals surface area contributed by atoms with E-state index in [2.05, 4.69) is 10.3 Å². The summed E-state index contributed by atoms with van der Waals surface area (Å²) in [6, 6.07) is 19.1. The second-order valence-corrected chi connectivity index (χ2v) is 9.62. The van der Waals surface area contributed by atoms with E-state index in [9.17, 15) is 19.8 Å². The molecule has 0 spiro atoms. The van der Waals surface area contributed by atoms with Gasteiger partial charge in [0.2, 0.25) is 0 Å². The highest BCUT2D eigenvalue weighted by molar-refractivity contribution is 5.81. The van der Waals surface area contributed by atoms with Crippen LogP contribution < -0.4 is 0 Å². The van der Waals surface area contributed by atoms with Crippen LogP contribution in [0.1, 0.15) is 59.6 Å². The van der Waals surface area contributed by atoms with Crippen LogP contribution >= 0.6 is 0 Å². The van der Waals surface area contributed by atoms with Gasteiger partial charge >= 0.3 is 11.9 Å². The lowest BCUT2D eigenvalue weighted by Crippen LogP contribution is -2.31. The van der Waals surface area contributed by atoms with E-state index in [-0.39, 0.29) is 32.0 Å². The van der Waals surface area contributed by atoms with Crippen molar-refractivity contribution in [3.63, 3.8) is 0 Å². The van der Waals surface area contributed by atoms with Gasteiger partial charge in [-0.1, -0.05) is 66.7 Å². The molecule has 0 aliphatic rings. The zero-order valence-corrected chi connectivity index (χ0v) is 22.0. The monoisotopic (exact) mass is 515 g/mol. The number of aliphatic hydroxyl groups excluding tert-OH is 1. The maximum absolute atomic E-state index is 12.3. The molecule has 0 radical (unpaired) electrons. The molecule has 1 heterocycles. The zero-order valence-electron chi connectivity index (χ0n) is 22.0. The van der Waals surface area contributed by atoms with Gasteiger partial charge in [-0.2, -0.15) is 0 Å². The number of nitrogens with zero attached hydrogens (tertiary/aromatic N) is 3. The van der Waals surface area contributed by atoms with Crippen molar-refractivity contribution in [3.8, 4) is 0 Å². The molecule has 38 heavy (non-hydrogen) atoms. The van der Waals surface area contributed by atoms with Crippen LogP contribution in [0.4, 0.5) is 0 Å². The number of carboxylic acids is 1. The Bertz CT molecular complexity index is 1450. The second kappa shape index (κ2) is 11.6. The predicted octanol–water partition coefficient (Wildman–Crippen LogP) is 4.84. The molecule has 8 heteroatoms. The fourth-order valence-electron chi connectivity index (χ4n) is 5.13. The van der Waals surface area contributed by atoms with Gasteiger partial charge in [-0.25, -0.2) is 4.68 Å². The summed E-state index contributed by atoms with van der Waals surface area (Å²) in [5.41, 5.74) is 5.81. The van der Waals surface area contributed by atoms with Crippen molar-refractivity contribution >= 4 is 23.0 Å². The SMILES string of the molecule is CCC(CC(=O)O)(c1ccc(C)c(CO)c1)c1ccc2c(nnn2CCC(=O)OCc2ccccc2)c1C. The van der Waals surface area contributed by atoms with E-state index in [0.717, 1.165) is 38.9 Å². The fourth-order valence-corrected chi connectivity index (χ4v) is 5.13. The Morgan fingerprint density at radius 1 is 1.05 bits per heavy atom. The van der Waals surface area contributed by atoms with Gasteiger partial charge in [0.25, 0.3) is 0 Å². The van der Waals surface area contributed by atoms with Crippen molar-refractivity contribution in [2.75, 3.05) is 0 Å². The molecular formula is C30H33N3O5. The number of ether oxygens (including phenoxy) is 1. The van der Waals surface area contributed by atoms with Crippen molar-refractivity contribution in [2.24, 2.45) is 0 Å². The first-order chi connectivity index (χ1) is 18.3. The molecule has 3 aromatic carbocycles. The Kier molecular flexibility index (Phi) is 8.22. The lowest BCUT2D eigenvalue weighted by Gasteiger charge is -2.34. The van der Waals surface area contributed by atoms with Crippen LogP contribution in [0.25, 0.3) is 11.0 Å². The summed E-state index contributed by atoms with van der Waals surface area (Å²) in [7, 11) is 0. The number of fused-ring (bicyclic) bond motifs is 1. The van der Waals surface area contributed by atoms with Gasteiger partial charge in [0.1, 0.15) is 12.1 Å². The van der Waals surface area contributed by atoms with Gasteiger partial charge in [0.15, 0.2) is 0 Å². The number of rotatable bonds is 11. The minimum atomic E-state index is -0.907. The molecule has 198 valence electrons. The van der Waals surface area contributed by atoms with E-state index < -0.39 is 11.4 Å². The average molecular weight is 516 g/mol. The van der Waals surface area contributed by atoms with Crippen LogP contribution in [0, 0.1) is 13.8 Å². The average Bonchev–Trinajstić information content (AvgIpc) is 3.34. The number of carboxylic acid groups (broad SMARTS) is 1. The molecule has 0 bridgehead atoms. The van der Waals surface area contributed by atoms with Crippen LogP contribution in [0.2, 0.25) is 0 Å². The number of carbonyl (C=O) groups excluding carboxylic acids is 1. The third-order valence-corrected chi connectivity index (χ3v) is 7.36. The van der Waals surface area contributed by atoms with E-state index in [1.807, 2.05) is 81.4 Å². The summed E-state index contributed by atoms with van der Waals surface area (Å²) in [6.07, 6.45) is 0.587. The van der Waals surface area contributed by atoms with E-state index >= 15 is 0 Å². The molecule has 4 aromatic rings. The molecule has 4 rings (SSSR count). The van der Waals surface area contributed by atoms with E-state index in [1.54, 1.807) is 4.68 Å². The molecule has 8 nitrogen and oxygen atoms in total. The first-order valence-corrected chi connectivity index (χ1v) is 12.7. The number of esters is 1. The van der Waals surface area contributed by atoms with Gasteiger partial charge in [-0.3, -0.25) is 9.59 Å².